The zero-order chi connectivity index (χ0) is 10.6. The summed E-state index contributed by atoms with van der Waals surface area (Å²) in [6.45, 7) is 0. The summed E-state index contributed by atoms with van der Waals surface area (Å²) in [5.74, 6) is -0.958. The zero-order valence-electron chi connectivity index (χ0n) is 7.02. The number of aromatic nitrogens is 1. The standard InChI is InChI=1S/C7H8N4O3/c8-7(14)11-10-6(13)4-1-2-9-3-5(4)12/h1-3,12H,(H,10,13)(H3,8,11,14). The van der Waals surface area contributed by atoms with Gasteiger partial charge < -0.3 is 10.8 Å². The first kappa shape index (κ1) is 9.78. The second kappa shape index (κ2) is 4.08. The number of nitrogens with one attached hydrogen (secondary N) is 2. The average Bonchev–Trinajstić information content (AvgIpc) is 2.15. The van der Waals surface area contributed by atoms with Gasteiger partial charge in [-0.1, -0.05) is 0 Å². The number of primary amides is 1. The van der Waals surface area contributed by atoms with E-state index in [1.807, 2.05) is 10.9 Å². The Balaban J connectivity index is 2.70. The lowest BCUT2D eigenvalue weighted by Crippen LogP contribution is -2.44. The second-order valence-corrected chi connectivity index (χ2v) is 2.34. The van der Waals surface area contributed by atoms with Crippen molar-refractivity contribution in [3.63, 3.8) is 0 Å². The average molecular weight is 196 g/mol. The molecule has 1 heterocycles. The normalized spacial score (nSPS) is 9.14. The minimum atomic E-state index is -0.896. The number of hydrogen-bond donors (Lipinski definition) is 4. The maximum Gasteiger partial charge on any atom is 0.330 e. The Morgan fingerprint density at radius 3 is 2.71 bits per heavy atom. The van der Waals surface area contributed by atoms with E-state index in [0.29, 0.717) is 0 Å². The number of nitrogens with zero attached hydrogens (tertiary/aromatic N) is 1. The minimum Gasteiger partial charge on any atom is -0.505 e. The Labute approximate surface area is 78.9 Å². The van der Waals surface area contributed by atoms with Crippen LogP contribution in [0.2, 0.25) is 0 Å². The van der Waals surface area contributed by atoms with Crippen molar-refractivity contribution in [2.24, 2.45) is 5.73 Å². The molecule has 0 fully saturated rings. The molecule has 0 saturated carbocycles. The Kier molecular flexibility index (Phi) is 2.85. The Morgan fingerprint density at radius 1 is 1.43 bits per heavy atom. The molecule has 0 atom stereocenters. The van der Waals surface area contributed by atoms with Gasteiger partial charge in [0.05, 0.1) is 11.8 Å². The lowest BCUT2D eigenvalue weighted by molar-refractivity contribution is 0.0934. The molecule has 1 rings (SSSR count). The minimum absolute atomic E-state index is 0.00579. The van der Waals surface area contributed by atoms with Crippen LogP contribution in [0.15, 0.2) is 18.5 Å². The van der Waals surface area contributed by atoms with Crippen molar-refractivity contribution in [1.29, 1.82) is 0 Å². The van der Waals surface area contributed by atoms with Crippen molar-refractivity contribution in [3.8, 4) is 5.75 Å². The number of amides is 3. The third-order valence-electron chi connectivity index (χ3n) is 1.34. The van der Waals surface area contributed by atoms with E-state index < -0.39 is 11.9 Å². The number of hydrazine groups is 1. The van der Waals surface area contributed by atoms with Gasteiger partial charge in [0.2, 0.25) is 0 Å². The van der Waals surface area contributed by atoms with E-state index >= 15 is 0 Å². The molecule has 0 aliphatic carbocycles. The highest BCUT2D eigenvalue weighted by atomic mass is 16.3. The van der Waals surface area contributed by atoms with Gasteiger partial charge >= 0.3 is 6.03 Å². The Hall–Kier alpha value is -2.31. The molecule has 5 N–H and O–H groups in total. The first-order valence-corrected chi connectivity index (χ1v) is 3.60. The maximum absolute atomic E-state index is 11.2. The largest absolute Gasteiger partial charge is 0.505 e. The number of hydrogen-bond acceptors (Lipinski definition) is 4. The van der Waals surface area contributed by atoms with Crippen molar-refractivity contribution in [1.82, 2.24) is 15.8 Å². The SMILES string of the molecule is NC(=O)NNC(=O)c1ccncc1O. The molecule has 3 amide bonds. The van der Waals surface area contributed by atoms with Crippen LogP contribution in [0.4, 0.5) is 4.79 Å². The Bertz CT molecular complexity index is 366. The summed E-state index contributed by atoms with van der Waals surface area (Å²) in [6.07, 6.45) is 2.44. The molecule has 0 spiro atoms. The maximum atomic E-state index is 11.2. The van der Waals surface area contributed by atoms with Crippen LogP contribution >= 0.6 is 0 Å². The monoisotopic (exact) mass is 196 g/mol. The highest BCUT2D eigenvalue weighted by Gasteiger charge is 2.10. The number of nitrogens with two attached hydrogens (primary N) is 1. The fourth-order valence-corrected chi connectivity index (χ4v) is 0.764. The molecular weight excluding hydrogens is 188 g/mol. The first-order chi connectivity index (χ1) is 6.61. The fraction of sp³-hybridized carbons (Fsp3) is 0. The van der Waals surface area contributed by atoms with Gasteiger partial charge in [0.1, 0.15) is 5.75 Å². The molecule has 74 valence electrons. The molecular formula is C7H8N4O3. The van der Waals surface area contributed by atoms with Gasteiger partial charge in [-0.2, -0.15) is 0 Å². The van der Waals surface area contributed by atoms with Crippen LogP contribution in [-0.4, -0.2) is 22.0 Å². The lowest BCUT2D eigenvalue weighted by atomic mass is 10.2. The summed E-state index contributed by atoms with van der Waals surface area (Å²) >= 11 is 0. The van der Waals surface area contributed by atoms with E-state index in [0.717, 1.165) is 6.20 Å². The van der Waals surface area contributed by atoms with Crippen LogP contribution in [0.25, 0.3) is 0 Å². The summed E-state index contributed by atoms with van der Waals surface area (Å²) in [6, 6.07) is 0.403. The number of urea groups is 1. The topological polar surface area (TPSA) is 117 Å². The molecule has 7 heteroatoms. The Morgan fingerprint density at radius 2 is 2.14 bits per heavy atom. The molecule has 1 aromatic heterocycles. The molecule has 0 unspecified atom stereocenters. The first-order valence-electron chi connectivity index (χ1n) is 3.60. The molecule has 14 heavy (non-hydrogen) atoms. The van der Waals surface area contributed by atoms with E-state index in [1.54, 1.807) is 0 Å². The van der Waals surface area contributed by atoms with E-state index in [1.165, 1.54) is 12.3 Å². The molecule has 0 aliphatic heterocycles. The van der Waals surface area contributed by atoms with Crippen LogP contribution in [0.1, 0.15) is 10.4 Å². The van der Waals surface area contributed by atoms with Gasteiger partial charge in [0.25, 0.3) is 5.91 Å². The van der Waals surface area contributed by atoms with Crippen molar-refractivity contribution < 1.29 is 14.7 Å². The predicted octanol–water partition coefficient (Wildman–Crippen LogP) is -0.900. The summed E-state index contributed by atoms with van der Waals surface area (Å²) in [7, 11) is 0. The van der Waals surface area contributed by atoms with Gasteiger partial charge in [0.15, 0.2) is 0 Å². The highest BCUT2D eigenvalue weighted by molar-refractivity contribution is 5.97. The summed E-state index contributed by atoms with van der Waals surface area (Å²) in [4.78, 5) is 25.0. The predicted molar refractivity (Wildman–Crippen MR) is 46.1 cm³/mol. The lowest BCUT2D eigenvalue weighted by Gasteiger charge is -2.05. The van der Waals surface area contributed by atoms with Gasteiger partial charge in [-0.15, -0.1) is 0 Å². The molecule has 7 nitrogen and oxygen atoms in total. The summed E-state index contributed by atoms with van der Waals surface area (Å²) in [5.41, 5.74) is 8.58. The van der Waals surface area contributed by atoms with Crippen molar-refractivity contribution in [3.05, 3.63) is 24.0 Å². The van der Waals surface area contributed by atoms with Crippen LogP contribution < -0.4 is 16.6 Å². The van der Waals surface area contributed by atoms with Crippen LogP contribution in [0, 0.1) is 0 Å². The third-order valence-corrected chi connectivity index (χ3v) is 1.34. The number of carbonyl (C=O) groups excluding carboxylic acids is 2. The number of pyridine rings is 1. The van der Waals surface area contributed by atoms with Crippen molar-refractivity contribution in [2.75, 3.05) is 0 Å². The zero-order valence-corrected chi connectivity index (χ0v) is 7.02. The number of rotatable bonds is 1. The smallest absolute Gasteiger partial charge is 0.330 e. The molecule has 0 saturated heterocycles. The summed E-state index contributed by atoms with van der Waals surface area (Å²) in [5, 5.41) is 9.18. The van der Waals surface area contributed by atoms with Gasteiger partial charge in [0, 0.05) is 6.20 Å². The van der Waals surface area contributed by atoms with Gasteiger partial charge in [-0.25, -0.2) is 10.2 Å². The van der Waals surface area contributed by atoms with Crippen molar-refractivity contribution in [2.45, 2.75) is 0 Å². The quantitative estimate of drug-likeness (QED) is 0.435. The van der Waals surface area contributed by atoms with E-state index in [4.69, 9.17) is 5.73 Å². The molecule has 0 aromatic carbocycles. The van der Waals surface area contributed by atoms with E-state index in [-0.39, 0.29) is 11.3 Å². The highest BCUT2D eigenvalue weighted by Crippen LogP contribution is 2.12. The van der Waals surface area contributed by atoms with Crippen LogP contribution in [-0.2, 0) is 0 Å². The molecule has 0 radical (unpaired) electrons. The molecule has 0 bridgehead atoms. The number of carbonyl (C=O) groups is 2. The summed E-state index contributed by atoms with van der Waals surface area (Å²) < 4.78 is 0. The molecule has 1 aromatic rings. The van der Waals surface area contributed by atoms with Gasteiger partial charge in [-0.3, -0.25) is 15.2 Å². The second-order valence-electron chi connectivity index (χ2n) is 2.34. The number of aromatic hydroxyl groups is 1. The fourth-order valence-electron chi connectivity index (χ4n) is 0.764. The van der Waals surface area contributed by atoms with E-state index in [2.05, 4.69) is 4.98 Å². The van der Waals surface area contributed by atoms with E-state index in [9.17, 15) is 14.7 Å². The third kappa shape index (κ3) is 2.34. The van der Waals surface area contributed by atoms with Crippen molar-refractivity contribution >= 4 is 11.9 Å². The van der Waals surface area contributed by atoms with Crippen LogP contribution in [0.3, 0.4) is 0 Å². The van der Waals surface area contributed by atoms with Gasteiger partial charge in [-0.05, 0) is 6.07 Å². The molecule has 0 aliphatic rings. The van der Waals surface area contributed by atoms with Crippen LogP contribution in [0.5, 0.6) is 5.75 Å².